The molecule has 28 heavy (non-hydrogen) atoms. The SMILES string of the molecule is COc1ccccc1CCC(=O)N1CCN(S(=O)(=O)c2ccc(F)cc2)CC1. The predicted octanol–water partition coefficient (Wildman–Crippen LogP) is 2.30. The molecule has 3 rings (SSSR count). The Morgan fingerprint density at radius 3 is 2.32 bits per heavy atom. The molecule has 0 aromatic heterocycles. The fourth-order valence-electron chi connectivity index (χ4n) is 3.24. The summed E-state index contributed by atoms with van der Waals surface area (Å²) in [6.45, 7) is 1.12. The molecular formula is C20H23FN2O4S. The molecule has 0 unspecified atom stereocenters. The van der Waals surface area contributed by atoms with E-state index in [1.165, 1.54) is 16.4 Å². The Labute approximate surface area is 164 Å². The number of ether oxygens (including phenoxy) is 1. The van der Waals surface area contributed by atoms with Gasteiger partial charge in [0, 0.05) is 32.6 Å². The average Bonchev–Trinajstić information content (AvgIpc) is 2.72. The summed E-state index contributed by atoms with van der Waals surface area (Å²) < 4.78 is 45.0. The molecule has 1 heterocycles. The summed E-state index contributed by atoms with van der Waals surface area (Å²) in [5.74, 6) is 0.264. The van der Waals surface area contributed by atoms with Crippen LogP contribution in [0.25, 0.3) is 0 Å². The molecule has 0 saturated carbocycles. The molecule has 2 aromatic rings. The number of carbonyl (C=O) groups is 1. The number of hydrogen-bond donors (Lipinski definition) is 0. The number of amides is 1. The van der Waals surface area contributed by atoms with Crippen molar-refractivity contribution in [1.29, 1.82) is 0 Å². The number of benzene rings is 2. The van der Waals surface area contributed by atoms with E-state index in [4.69, 9.17) is 4.74 Å². The Morgan fingerprint density at radius 2 is 1.68 bits per heavy atom. The number of sulfonamides is 1. The van der Waals surface area contributed by atoms with Crippen LogP contribution in [0.5, 0.6) is 5.75 Å². The van der Waals surface area contributed by atoms with Crippen LogP contribution in [0.3, 0.4) is 0 Å². The lowest BCUT2D eigenvalue weighted by Crippen LogP contribution is -2.50. The van der Waals surface area contributed by atoms with E-state index >= 15 is 0 Å². The van der Waals surface area contributed by atoms with Gasteiger partial charge in [-0.2, -0.15) is 4.31 Å². The van der Waals surface area contributed by atoms with Crippen molar-refractivity contribution in [2.75, 3.05) is 33.3 Å². The van der Waals surface area contributed by atoms with Crippen LogP contribution >= 0.6 is 0 Å². The minimum Gasteiger partial charge on any atom is -0.496 e. The fourth-order valence-corrected chi connectivity index (χ4v) is 4.66. The van der Waals surface area contributed by atoms with E-state index in [1.54, 1.807) is 12.0 Å². The van der Waals surface area contributed by atoms with Crippen molar-refractivity contribution >= 4 is 15.9 Å². The first-order valence-corrected chi connectivity index (χ1v) is 10.5. The zero-order chi connectivity index (χ0) is 20.1. The highest BCUT2D eigenvalue weighted by molar-refractivity contribution is 7.89. The van der Waals surface area contributed by atoms with E-state index in [1.807, 2.05) is 24.3 Å². The zero-order valence-electron chi connectivity index (χ0n) is 15.7. The lowest BCUT2D eigenvalue weighted by atomic mass is 10.1. The summed E-state index contributed by atoms with van der Waals surface area (Å²) in [6, 6.07) is 12.4. The molecule has 1 saturated heterocycles. The van der Waals surface area contributed by atoms with Crippen molar-refractivity contribution in [1.82, 2.24) is 9.21 Å². The van der Waals surface area contributed by atoms with Crippen LogP contribution in [0.4, 0.5) is 4.39 Å². The van der Waals surface area contributed by atoms with Crippen molar-refractivity contribution in [3.8, 4) is 5.75 Å². The number of rotatable bonds is 6. The summed E-state index contributed by atoms with van der Waals surface area (Å²) >= 11 is 0. The van der Waals surface area contributed by atoms with E-state index in [9.17, 15) is 17.6 Å². The normalized spacial score (nSPS) is 15.4. The number of para-hydroxylation sites is 1. The molecule has 0 aliphatic carbocycles. The smallest absolute Gasteiger partial charge is 0.243 e. The Morgan fingerprint density at radius 1 is 1.04 bits per heavy atom. The summed E-state index contributed by atoms with van der Waals surface area (Å²) in [7, 11) is -2.08. The first kappa shape index (κ1) is 20.3. The molecule has 6 nitrogen and oxygen atoms in total. The number of methoxy groups -OCH3 is 1. The van der Waals surface area contributed by atoms with Gasteiger partial charge in [0.15, 0.2) is 0 Å². The number of carbonyl (C=O) groups excluding carboxylic acids is 1. The fraction of sp³-hybridized carbons (Fsp3) is 0.350. The zero-order valence-corrected chi connectivity index (χ0v) is 16.5. The maximum absolute atomic E-state index is 13.0. The van der Waals surface area contributed by atoms with E-state index in [0.717, 1.165) is 23.4 Å². The third-order valence-corrected chi connectivity index (χ3v) is 6.76. The van der Waals surface area contributed by atoms with Crippen molar-refractivity contribution < 1.29 is 22.3 Å². The minimum absolute atomic E-state index is 0.00950. The highest BCUT2D eigenvalue weighted by Crippen LogP contribution is 2.21. The van der Waals surface area contributed by atoms with Gasteiger partial charge in [0.25, 0.3) is 0 Å². The molecule has 150 valence electrons. The molecule has 1 amide bonds. The molecule has 2 aromatic carbocycles. The summed E-state index contributed by atoms with van der Waals surface area (Å²) in [5, 5.41) is 0. The molecule has 0 radical (unpaired) electrons. The Kier molecular flexibility index (Phi) is 6.31. The first-order valence-electron chi connectivity index (χ1n) is 9.07. The number of piperazine rings is 1. The lowest BCUT2D eigenvalue weighted by Gasteiger charge is -2.34. The summed E-state index contributed by atoms with van der Waals surface area (Å²) in [6.07, 6.45) is 0.905. The molecule has 0 atom stereocenters. The average molecular weight is 406 g/mol. The highest BCUT2D eigenvalue weighted by Gasteiger charge is 2.30. The first-order chi connectivity index (χ1) is 13.4. The minimum atomic E-state index is -3.68. The predicted molar refractivity (Wildman–Crippen MR) is 103 cm³/mol. The third-order valence-electron chi connectivity index (χ3n) is 4.84. The van der Waals surface area contributed by atoms with Gasteiger partial charge in [0.1, 0.15) is 11.6 Å². The second kappa shape index (κ2) is 8.70. The molecule has 0 N–H and O–H groups in total. The van der Waals surface area contributed by atoms with Crippen LogP contribution in [-0.4, -0.2) is 56.8 Å². The van der Waals surface area contributed by atoms with E-state index < -0.39 is 15.8 Å². The summed E-state index contributed by atoms with van der Waals surface area (Å²) in [5.41, 5.74) is 0.968. The van der Waals surface area contributed by atoms with Gasteiger partial charge >= 0.3 is 0 Å². The second-order valence-electron chi connectivity index (χ2n) is 6.55. The molecule has 1 aliphatic heterocycles. The maximum atomic E-state index is 13.0. The van der Waals surface area contributed by atoms with Gasteiger partial charge < -0.3 is 9.64 Å². The molecule has 8 heteroatoms. The van der Waals surface area contributed by atoms with Gasteiger partial charge in [-0.15, -0.1) is 0 Å². The van der Waals surface area contributed by atoms with Crippen LogP contribution in [-0.2, 0) is 21.2 Å². The number of halogens is 1. The van der Waals surface area contributed by atoms with Crippen molar-refractivity contribution in [2.45, 2.75) is 17.7 Å². The molecule has 0 bridgehead atoms. The van der Waals surface area contributed by atoms with Gasteiger partial charge in [-0.25, -0.2) is 12.8 Å². The van der Waals surface area contributed by atoms with Crippen molar-refractivity contribution in [3.05, 3.63) is 59.9 Å². The van der Waals surface area contributed by atoms with Crippen LogP contribution < -0.4 is 4.74 Å². The van der Waals surface area contributed by atoms with Crippen molar-refractivity contribution in [2.24, 2.45) is 0 Å². The molecular weight excluding hydrogens is 383 g/mol. The van der Waals surface area contributed by atoms with Gasteiger partial charge in [-0.05, 0) is 42.3 Å². The largest absolute Gasteiger partial charge is 0.496 e. The van der Waals surface area contributed by atoms with E-state index in [2.05, 4.69) is 0 Å². The van der Waals surface area contributed by atoms with Crippen LogP contribution in [0.1, 0.15) is 12.0 Å². The monoisotopic (exact) mass is 406 g/mol. The molecule has 1 aliphatic rings. The van der Waals surface area contributed by atoms with Crippen LogP contribution in [0.2, 0.25) is 0 Å². The van der Waals surface area contributed by atoms with Crippen LogP contribution in [0.15, 0.2) is 53.4 Å². The Balaban J connectivity index is 1.56. The topological polar surface area (TPSA) is 66.9 Å². The third kappa shape index (κ3) is 4.51. The second-order valence-corrected chi connectivity index (χ2v) is 8.49. The standard InChI is InChI=1S/C20H23FN2O4S/c1-27-19-5-3-2-4-16(19)6-11-20(24)22-12-14-23(15-13-22)28(25,26)18-9-7-17(21)8-10-18/h2-5,7-10H,6,11-15H2,1H3. The maximum Gasteiger partial charge on any atom is 0.243 e. The van der Waals surface area contributed by atoms with Gasteiger partial charge in [-0.3, -0.25) is 4.79 Å². The number of nitrogens with zero attached hydrogens (tertiary/aromatic N) is 2. The molecule has 1 fully saturated rings. The van der Waals surface area contributed by atoms with Crippen LogP contribution in [0, 0.1) is 5.82 Å². The van der Waals surface area contributed by atoms with Crippen molar-refractivity contribution in [3.63, 3.8) is 0 Å². The van der Waals surface area contributed by atoms with E-state index in [-0.39, 0.29) is 23.9 Å². The van der Waals surface area contributed by atoms with Gasteiger partial charge in [0.05, 0.1) is 12.0 Å². The number of hydrogen-bond acceptors (Lipinski definition) is 4. The Bertz CT molecular complexity index is 923. The quantitative estimate of drug-likeness (QED) is 0.738. The van der Waals surface area contributed by atoms with Gasteiger partial charge in [0.2, 0.25) is 15.9 Å². The van der Waals surface area contributed by atoms with Gasteiger partial charge in [-0.1, -0.05) is 18.2 Å². The highest BCUT2D eigenvalue weighted by atomic mass is 32.2. The van der Waals surface area contributed by atoms with E-state index in [0.29, 0.717) is 25.9 Å². The lowest BCUT2D eigenvalue weighted by molar-refractivity contribution is -0.132. The molecule has 0 spiro atoms. The number of aryl methyl sites for hydroxylation is 1. The Hall–Kier alpha value is -2.45. The summed E-state index contributed by atoms with van der Waals surface area (Å²) in [4.78, 5) is 14.3.